The van der Waals surface area contributed by atoms with E-state index < -0.39 is 42.2 Å². The number of carbonyl (C=O) groups excluding carboxylic acids is 4. The zero-order valence-electron chi connectivity index (χ0n) is 22.5. The lowest BCUT2D eigenvalue weighted by atomic mass is 10.2. The number of pyridine rings is 1. The molecule has 3 N–H and O–H groups in total. The van der Waals surface area contributed by atoms with Crippen molar-refractivity contribution < 1.29 is 37.8 Å². The molecule has 0 spiro atoms. The molecule has 14 heteroatoms. The van der Waals surface area contributed by atoms with E-state index in [1.54, 1.807) is 18.3 Å². The Morgan fingerprint density at radius 2 is 1.76 bits per heavy atom. The van der Waals surface area contributed by atoms with Crippen LogP contribution in [-0.2, 0) is 30.3 Å². The van der Waals surface area contributed by atoms with Gasteiger partial charge in [0.25, 0.3) is 0 Å². The normalized spacial score (nSPS) is 12.1. The van der Waals surface area contributed by atoms with Gasteiger partial charge in [0, 0.05) is 45.4 Å². The molecule has 1 aromatic heterocycles. The molecule has 3 rings (SSSR count). The highest BCUT2D eigenvalue weighted by Crippen LogP contribution is 2.20. The molecule has 3 aromatic rings. The molecule has 0 saturated heterocycles. The van der Waals surface area contributed by atoms with Crippen LogP contribution in [-0.4, -0.2) is 59.5 Å². The minimum atomic E-state index is -1.17. The molecule has 2 aromatic carbocycles. The minimum absolute atomic E-state index is 0.0617. The maximum absolute atomic E-state index is 13.9. The number of hydrogen-bond donors (Lipinski definition) is 3. The second kappa shape index (κ2) is 14.8. The standard InChI is InChI=1S/C27H29ClFN5O7/c1-16(35)34(32-13-21-9-6-10-23(29)25(21)28)22(14-31-26(37)41-18(3)40-17(2)36)15-39-27(38)33-24-11-19-7-4-5-8-20(19)12-30-24/h4-12,18,22,32H,13-15H2,1-3H3,(H,31,37)(H,30,33,38)/t18?,22-/m0/s1. The van der Waals surface area contributed by atoms with Crippen molar-refractivity contribution >= 4 is 52.3 Å². The van der Waals surface area contributed by atoms with Gasteiger partial charge < -0.3 is 19.5 Å². The van der Waals surface area contributed by atoms with Gasteiger partial charge in [0.1, 0.15) is 18.2 Å². The molecule has 0 aliphatic carbocycles. The molecule has 0 aliphatic rings. The summed E-state index contributed by atoms with van der Waals surface area (Å²) >= 11 is 6.03. The fourth-order valence-corrected chi connectivity index (χ4v) is 3.89. The Kier molecular flexibility index (Phi) is 11.2. The van der Waals surface area contributed by atoms with Crippen LogP contribution < -0.4 is 16.1 Å². The minimum Gasteiger partial charge on any atom is -0.447 e. The molecular formula is C27H29ClFN5O7. The average molecular weight is 590 g/mol. The van der Waals surface area contributed by atoms with Crippen molar-refractivity contribution in [1.29, 1.82) is 0 Å². The van der Waals surface area contributed by atoms with Crippen LogP contribution in [0.25, 0.3) is 10.8 Å². The number of anilines is 1. The van der Waals surface area contributed by atoms with Crippen LogP contribution in [0.2, 0.25) is 5.02 Å². The number of hydrogen-bond acceptors (Lipinski definition) is 9. The number of carbonyl (C=O) groups is 4. The quantitative estimate of drug-likeness (QED) is 0.170. The highest BCUT2D eigenvalue weighted by molar-refractivity contribution is 6.31. The van der Waals surface area contributed by atoms with Crippen LogP contribution in [0.4, 0.5) is 19.8 Å². The van der Waals surface area contributed by atoms with Gasteiger partial charge in [0.05, 0.1) is 11.1 Å². The first kappa shape index (κ1) is 31.0. The van der Waals surface area contributed by atoms with Crippen molar-refractivity contribution in [2.24, 2.45) is 0 Å². The van der Waals surface area contributed by atoms with Crippen LogP contribution in [0.5, 0.6) is 0 Å². The number of amides is 3. The van der Waals surface area contributed by atoms with E-state index in [1.807, 2.05) is 24.3 Å². The van der Waals surface area contributed by atoms with Gasteiger partial charge >= 0.3 is 18.2 Å². The lowest BCUT2D eigenvalue weighted by Gasteiger charge is -2.31. The Hall–Kier alpha value is -4.49. The zero-order chi connectivity index (χ0) is 29.9. The highest BCUT2D eigenvalue weighted by atomic mass is 35.5. The van der Waals surface area contributed by atoms with Gasteiger partial charge in [-0.15, -0.1) is 0 Å². The molecule has 41 heavy (non-hydrogen) atoms. The number of halogens is 2. The van der Waals surface area contributed by atoms with Crippen LogP contribution >= 0.6 is 11.6 Å². The number of aromatic nitrogens is 1. The summed E-state index contributed by atoms with van der Waals surface area (Å²) in [6.07, 6.45) is -1.38. The number of nitrogens with zero attached hydrogens (tertiary/aromatic N) is 2. The van der Waals surface area contributed by atoms with E-state index in [4.69, 9.17) is 25.8 Å². The number of rotatable bonds is 11. The van der Waals surface area contributed by atoms with Crippen molar-refractivity contribution in [3.05, 3.63) is 71.1 Å². The van der Waals surface area contributed by atoms with Gasteiger partial charge in [-0.05, 0) is 23.1 Å². The Morgan fingerprint density at radius 3 is 2.46 bits per heavy atom. The van der Waals surface area contributed by atoms with Crippen LogP contribution in [0.3, 0.4) is 0 Å². The van der Waals surface area contributed by atoms with E-state index in [9.17, 15) is 23.6 Å². The molecule has 3 amide bonds. The number of fused-ring (bicyclic) bond motifs is 1. The highest BCUT2D eigenvalue weighted by Gasteiger charge is 2.25. The monoisotopic (exact) mass is 589 g/mol. The van der Waals surface area contributed by atoms with Crippen LogP contribution in [0.15, 0.2) is 54.7 Å². The SMILES string of the molecule is CC(=O)OC(C)OC(=O)NC[C@@H](COC(=O)Nc1cc2ccccc2cn1)N(NCc1cccc(F)c1Cl)C(C)=O. The first-order chi connectivity index (χ1) is 19.5. The topological polar surface area (TPSA) is 148 Å². The van der Waals surface area contributed by atoms with Gasteiger partial charge in [-0.25, -0.2) is 24.4 Å². The van der Waals surface area contributed by atoms with Crippen molar-refractivity contribution in [2.45, 2.75) is 39.6 Å². The number of esters is 1. The number of nitrogens with one attached hydrogen (secondary N) is 3. The fraction of sp³-hybridized carbons (Fsp3) is 0.296. The average Bonchev–Trinajstić information content (AvgIpc) is 2.91. The second-order valence-corrected chi connectivity index (χ2v) is 9.07. The van der Waals surface area contributed by atoms with Crippen LogP contribution in [0, 0.1) is 5.82 Å². The molecule has 0 saturated carbocycles. The molecule has 12 nitrogen and oxygen atoms in total. The van der Waals surface area contributed by atoms with E-state index in [0.717, 1.165) is 22.7 Å². The predicted molar refractivity (Wildman–Crippen MR) is 147 cm³/mol. The molecule has 0 aliphatic heterocycles. The zero-order valence-corrected chi connectivity index (χ0v) is 23.2. The van der Waals surface area contributed by atoms with E-state index in [1.165, 1.54) is 26.0 Å². The summed E-state index contributed by atoms with van der Waals surface area (Å²) in [4.78, 5) is 52.6. The van der Waals surface area contributed by atoms with Gasteiger partial charge in [-0.3, -0.25) is 19.9 Å². The smallest absolute Gasteiger partial charge is 0.412 e. The van der Waals surface area contributed by atoms with Gasteiger partial charge in [-0.1, -0.05) is 48.0 Å². The van der Waals surface area contributed by atoms with E-state index in [-0.39, 0.29) is 30.5 Å². The van der Waals surface area contributed by atoms with E-state index in [2.05, 4.69) is 21.0 Å². The lowest BCUT2D eigenvalue weighted by molar-refractivity contribution is -0.162. The summed E-state index contributed by atoms with van der Waals surface area (Å²) in [6.45, 7) is 3.05. The number of benzene rings is 2. The maximum atomic E-state index is 13.9. The van der Waals surface area contributed by atoms with Gasteiger partial charge in [-0.2, -0.15) is 0 Å². The summed E-state index contributed by atoms with van der Waals surface area (Å²) < 4.78 is 28.9. The predicted octanol–water partition coefficient (Wildman–Crippen LogP) is 4.13. The summed E-state index contributed by atoms with van der Waals surface area (Å²) in [7, 11) is 0. The largest absolute Gasteiger partial charge is 0.447 e. The summed E-state index contributed by atoms with van der Waals surface area (Å²) in [5.41, 5.74) is 3.20. The Bertz CT molecular complexity index is 1410. The fourth-order valence-electron chi connectivity index (χ4n) is 3.69. The molecule has 0 bridgehead atoms. The van der Waals surface area contributed by atoms with Crippen molar-refractivity contribution in [3.8, 4) is 0 Å². The maximum Gasteiger partial charge on any atom is 0.412 e. The Balaban J connectivity index is 1.69. The number of alkyl carbamates (subject to hydrolysis) is 1. The number of hydrazine groups is 1. The number of ether oxygens (including phenoxy) is 3. The van der Waals surface area contributed by atoms with Crippen molar-refractivity contribution in [3.63, 3.8) is 0 Å². The third kappa shape index (κ3) is 9.58. The molecular weight excluding hydrogens is 561 g/mol. The van der Waals surface area contributed by atoms with Gasteiger partial charge in [0.2, 0.25) is 12.2 Å². The van der Waals surface area contributed by atoms with Crippen molar-refractivity contribution in [2.75, 3.05) is 18.5 Å². The van der Waals surface area contributed by atoms with E-state index >= 15 is 0 Å². The Morgan fingerprint density at radius 1 is 1.02 bits per heavy atom. The molecule has 218 valence electrons. The summed E-state index contributed by atoms with van der Waals surface area (Å²) in [5.74, 6) is -1.54. The second-order valence-electron chi connectivity index (χ2n) is 8.69. The molecule has 0 radical (unpaired) electrons. The summed E-state index contributed by atoms with van der Waals surface area (Å²) in [6, 6.07) is 12.4. The first-order valence-electron chi connectivity index (χ1n) is 12.4. The molecule has 2 atom stereocenters. The van der Waals surface area contributed by atoms with Crippen LogP contribution in [0.1, 0.15) is 26.3 Å². The molecule has 1 heterocycles. The molecule has 0 fully saturated rings. The first-order valence-corrected chi connectivity index (χ1v) is 12.8. The van der Waals surface area contributed by atoms with E-state index in [0.29, 0.717) is 5.56 Å². The lowest BCUT2D eigenvalue weighted by Crippen LogP contribution is -2.55. The Labute approximate surface area is 240 Å². The van der Waals surface area contributed by atoms with Crippen molar-refractivity contribution in [1.82, 2.24) is 20.7 Å². The summed E-state index contributed by atoms with van der Waals surface area (Å²) in [5, 5.41) is 7.68. The van der Waals surface area contributed by atoms with Gasteiger partial charge in [0.15, 0.2) is 0 Å². The molecule has 1 unspecified atom stereocenters. The third-order valence-corrected chi connectivity index (χ3v) is 5.95. The third-order valence-electron chi connectivity index (χ3n) is 5.53.